The molecule has 2 saturated heterocycles. The highest BCUT2D eigenvalue weighted by Gasteiger charge is 2.41. The second-order valence-corrected chi connectivity index (χ2v) is 10.6. The molecule has 212 valence electrons. The molecule has 2 aliphatic heterocycles. The van der Waals surface area contributed by atoms with Crippen molar-refractivity contribution in [2.45, 2.75) is 24.6 Å². The Bertz CT molecular complexity index is 1440. The van der Waals surface area contributed by atoms with Gasteiger partial charge >= 0.3 is 0 Å². The van der Waals surface area contributed by atoms with Gasteiger partial charge in [0.25, 0.3) is 0 Å². The number of carbonyl (C=O) groups excluding carboxylic acids is 1. The molecule has 1 amide bonds. The predicted octanol–water partition coefficient (Wildman–Crippen LogP) is 3.72. The van der Waals surface area contributed by atoms with Gasteiger partial charge in [0, 0.05) is 31.7 Å². The number of nitrogens with zero attached hydrogens (tertiary/aromatic N) is 4. The highest BCUT2D eigenvalue weighted by molar-refractivity contribution is 6.41. The van der Waals surface area contributed by atoms with Crippen molar-refractivity contribution < 1.29 is 23.7 Å². The van der Waals surface area contributed by atoms with Crippen LogP contribution in [0.1, 0.15) is 6.92 Å². The average molecular weight is 589 g/mol. The zero-order valence-electron chi connectivity index (χ0n) is 22.6. The summed E-state index contributed by atoms with van der Waals surface area (Å²) in [5.41, 5.74) is 0.672. The molecule has 0 unspecified atom stereocenters. The number of hydrogen-bond acceptors (Lipinski definition) is 10. The molecule has 0 bridgehead atoms. The van der Waals surface area contributed by atoms with E-state index in [0.29, 0.717) is 66.3 Å². The van der Waals surface area contributed by atoms with Crippen LogP contribution < -0.4 is 25.0 Å². The number of aromatic nitrogens is 3. The number of benzene rings is 1. The number of fused-ring (bicyclic) bond motifs is 1. The van der Waals surface area contributed by atoms with E-state index in [0.717, 1.165) is 5.39 Å². The van der Waals surface area contributed by atoms with E-state index in [1.54, 1.807) is 19.4 Å². The number of anilines is 2. The Hall–Kier alpha value is -3.38. The number of ether oxygens (including phenoxy) is 4. The summed E-state index contributed by atoms with van der Waals surface area (Å²) in [6, 6.07) is 3.09. The first kappa shape index (κ1) is 28.2. The van der Waals surface area contributed by atoms with Crippen molar-refractivity contribution in [1.82, 2.24) is 20.3 Å². The largest absolute Gasteiger partial charge is 0.495 e. The molecule has 0 spiro atoms. The van der Waals surface area contributed by atoms with E-state index in [2.05, 4.69) is 27.1 Å². The van der Waals surface area contributed by atoms with Gasteiger partial charge in [-0.05, 0) is 19.1 Å². The van der Waals surface area contributed by atoms with Gasteiger partial charge in [-0.1, -0.05) is 29.8 Å². The smallest absolute Gasteiger partial charge is 0.243 e. The number of amides is 1. The predicted molar refractivity (Wildman–Crippen MR) is 154 cm³/mol. The molecule has 2 fully saturated rings. The lowest BCUT2D eigenvalue weighted by atomic mass is 9.96. The first-order chi connectivity index (χ1) is 19.2. The van der Waals surface area contributed by atoms with Gasteiger partial charge in [-0.15, -0.1) is 0 Å². The van der Waals surface area contributed by atoms with Crippen molar-refractivity contribution >= 4 is 51.6 Å². The Kier molecular flexibility index (Phi) is 7.92. The quantitative estimate of drug-likeness (QED) is 0.358. The fourth-order valence-electron chi connectivity index (χ4n) is 4.84. The van der Waals surface area contributed by atoms with E-state index in [1.165, 1.54) is 20.3 Å². The van der Waals surface area contributed by atoms with E-state index in [1.807, 2.05) is 13.0 Å². The maximum absolute atomic E-state index is 11.9. The van der Waals surface area contributed by atoms with Gasteiger partial charge in [0.1, 0.15) is 23.1 Å². The summed E-state index contributed by atoms with van der Waals surface area (Å²) >= 11 is 13.4. The van der Waals surface area contributed by atoms with Gasteiger partial charge in [0.15, 0.2) is 5.82 Å². The number of pyridine rings is 1. The Morgan fingerprint density at radius 2 is 1.80 bits per heavy atom. The monoisotopic (exact) mass is 588 g/mol. The first-order valence-corrected chi connectivity index (χ1v) is 13.3. The number of methoxy groups -OCH3 is 3. The van der Waals surface area contributed by atoms with Crippen molar-refractivity contribution in [3.05, 3.63) is 41.0 Å². The zero-order chi connectivity index (χ0) is 28.6. The van der Waals surface area contributed by atoms with Gasteiger partial charge < -0.3 is 34.5 Å². The normalized spacial score (nSPS) is 19.7. The summed E-state index contributed by atoms with van der Waals surface area (Å²) in [4.78, 5) is 28.3. The minimum atomic E-state index is -0.308. The minimum Gasteiger partial charge on any atom is -0.495 e. The van der Waals surface area contributed by atoms with Crippen LogP contribution in [-0.2, 0) is 14.3 Å². The number of nitrogens with one attached hydrogen (secondary N) is 2. The summed E-state index contributed by atoms with van der Waals surface area (Å²) < 4.78 is 22.2. The van der Waals surface area contributed by atoms with Crippen molar-refractivity contribution in [3.8, 4) is 22.9 Å². The van der Waals surface area contributed by atoms with Crippen LogP contribution in [0.15, 0.2) is 31.0 Å². The van der Waals surface area contributed by atoms with E-state index in [4.69, 9.17) is 52.1 Å². The molecule has 2 N–H and O–H groups in total. The van der Waals surface area contributed by atoms with Gasteiger partial charge in [0.2, 0.25) is 5.91 Å². The molecule has 0 radical (unpaired) electrons. The molecule has 13 heteroatoms. The summed E-state index contributed by atoms with van der Waals surface area (Å²) in [7, 11) is 4.72. The average Bonchev–Trinajstić information content (AvgIpc) is 3.37. The third-order valence-corrected chi connectivity index (χ3v) is 7.88. The summed E-state index contributed by atoms with van der Waals surface area (Å²) in [5.74, 6) is 2.07. The van der Waals surface area contributed by atoms with Crippen LogP contribution in [0.3, 0.4) is 0 Å². The Labute approximate surface area is 241 Å². The Balaban J connectivity index is 1.58. The van der Waals surface area contributed by atoms with Gasteiger partial charge in [-0.25, -0.2) is 15.0 Å². The van der Waals surface area contributed by atoms with E-state index >= 15 is 0 Å². The number of rotatable bonds is 9. The molecule has 11 nitrogen and oxygen atoms in total. The van der Waals surface area contributed by atoms with Crippen molar-refractivity contribution in [3.63, 3.8) is 0 Å². The van der Waals surface area contributed by atoms with Gasteiger partial charge in [-0.2, -0.15) is 0 Å². The molecule has 1 aromatic carbocycles. The Morgan fingerprint density at radius 3 is 2.42 bits per heavy atom. The zero-order valence-corrected chi connectivity index (χ0v) is 24.1. The third kappa shape index (κ3) is 5.22. The van der Waals surface area contributed by atoms with Gasteiger partial charge in [0.05, 0.1) is 72.4 Å². The lowest BCUT2D eigenvalue weighted by Gasteiger charge is -2.47. The summed E-state index contributed by atoms with van der Waals surface area (Å²) in [5, 5.41) is 7.57. The van der Waals surface area contributed by atoms with Crippen LogP contribution in [0, 0.1) is 0 Å². The van der Waals surface area contributed by atoms with Crippen LogP contribution in [0.25, 0.3) is 22.3 Å². The molecule has 3 aromatic rings. The van der Waals surface area contributed by atoms with Crippen LogP contribution in [-0.4, -0.2) is 86.2 Å². The number of halogens is 2. The highest BCUT2D eigenvalue weighted by Crippen LogP contribution is 2.46. The second-order valence-electron chi connectivity index (χ2n) is 9.86. The third-order valence-electron chi connectivity index (χ3n) is 7.13. The molecular formula is C27H30Cl2N6O5. The molecule has 2 atom stereocenters. The van der Waals surface area contributed by atoms with Crippen LogP contribution >= 0.6 is 23.2 Å². The van der Waals surface area contributed by atoms with Gasteiger partial charge in [-0.3, -0.25) is 4.79 Å². The molecule has 0 saturated carbocycles. The molecule has 2 aromatic heterocycles. The number of hydrogen-bond donors (Lipinski definition) is 2. The lowest BCUT2D eigenvalue weighted by molar-refractivity contribution is -0.117. The molecule has 2 aliphatic rings. The maximum atomic E-state index is 11.9. The van der Waals surface area contributed by atoms with Crippen molar-refractivity contribution in [2.75, 3.05) is 57.8 Å². The van der Waals surface area contributed by atoms with E-state index < -0.39 is 0 Å². The molecule has 5 rings (SSSR count). The molecule has 40 heavy (non-hydrogen) atoms. The minimum absolute atomic E-state index is 0.180. The van der Waals surface area contributed by atoms with Crippen LogP contribution in [0.5, 0.6) is 11.5 Å². The first-order valence-electron chi connectivity index (χ1n) is 12.6. The molecule has 0 aliphatic carbocycles. The standard InChI is InChI=1S/C27H30Cl2N6O5/c1-6-21(36)32-17-11-40-10-16(17)31-20-7-14-15(9-30-20)33-25(34-26(14)35-12-27(2,13-35)39-5)22-23(28)18(37-3)8-19(38-4)24(22)29/h6-9,16-17H,1,10-13H2,2-5H3,(H,30,31)(H,32,36)/t16-,17+/m1/s1. The van der Waals surface area contributed by atoms with E-state index in [9.17, 15) is 4.79 Å². The van der Waals surface area contributed by atoms with Crippen molar-refractivity contribution in [2.24, 2.45) is 0 Å². The van der Waals surface area contributed by atoms with Crippen molar-refractivity contribution in [1.29, 1.82) is 0 Å². The molecular weight excluding hydrogens is 559 g/mol. The maximum Gasteiger partial charge on any atom is 0.243 e. The van der Waals surface area contributed by atoms with E-state index in [-0.39, 0.29) is 33.6 Å². The number of carbonyl (C=O) groups is 1. The summed E-state index contributed by atoms with van der Waals surface area (Å²) in [6.45, 7) is 7.60. The highest BCUT2D eigenvalue weighted by atomic mass is 35.5. The topological polar surface area (TPSA) is 120 Å². The van der Waals surface area contributed by atoms with Crippen LogP contribution in [0.4, 0.5) is 11.6 Å². The SMILES string of the molecule is C=CC(=O)N[C@H]1COC[C@H]1Nc1cc2c(N3CC(C)(OC)C3)nc(-c3c(Cl)c(OC)cc(OC)c3Cl)nc2cn1. The fourth-order valence-corrected chi connectivity index (χ4v) is 5.51. The second kappa shape index (κ2) is 11.2. The molecule has 4 heterocycles. The Morgan fingerprint density at radius 1 is 1.12 bits per heavy atom. The lowest BCUT2D eigenvalue weighted by Crippen LogP contribution is -2.61. The summed E-state index contributed by atoms with van der Waals surface area (Å²) in [6.07, 6.45) is 2.90. The van der Waals surface area contributed by atoms with Crippen LogP contribution in [0.2, 0.25) is 10.0 Å². The fraction of sp³-hybridized carbons (Fsp3) is 0.407.